The Kier molecular flexibility index (Phi) is 4.58. The van der Waals surface area contributed by atoms with Gasteiger partial charge in [0.05, 0.1) is 19.9 Å². The van der Waals surface area contributed by atoms with Gasteiger partial charge in [-0.05, 0) is 54.6 Å². The Hall–Kier alpha value is -2.50. The number of amides is 2. The van der Waals surface area contributed by atoms with Crippen LogP contribution in [0.4, 0.5) is 5.69 Å². The molecule has 2 saturated carbocycles. The van der Waals surface area contributed by atoms with Crippen LogP contribution in [0, 0.1) is 23.2 Å². The molecule has 2 amide bonds. The van der Waals surface area contributed by atoms with E-state index < -0.39 is 0 Å². The Morgan fingerprint density at radius 2 is 1.96 bits per heavy atom. The maximum absolute atomic E-state index is 12.2. The van der Waals surface area contributed by atoms with Crippen LogP contribution >= 0.6 is 0 Å². The number of rotatable bonds is 7. The molecule has 0 aliphatic heterocycles. The molecule has 1 spiro atoms. The number of methoxy groups -OCH3 is 2. The van der Waals surface area contributed by atoms with Gasteiger partial charge in [-0.1, -0.05) is 12.2 Å². The molecule has 0 heterocycles. The molecule has 6 nitrogen and oxygen atoms in total. The van der Waals surface area contributed by atoms with Crippen molar-refractivity contribution in [2.75, 3.05) is 26.1 Å². The molecular formula is C21H26N2O4. The van der Waals surface area contributed by atoms with Gasteiger partial charge < -0.3 is 20.1 Å². The lowest BCUT2D eigenvalue weighted by Gasteiger charge is -2.20. The predicted molar refractivity (Wildman–Crippen MR) is 102 cm³/mol. The lowest BCUT2D eigenvalue weighted by atomic mass is 9.89. The van der Waals surface area contributed by atoms with Gasteiger partial charge in [-0.25, -0.2) is 0 Å². The van der Waals surface area contributed by atoms with Gasteiger partial charge >= 0.3 is 0 Å². The number of hydrogen-bond acceptors (Lipinski definition) is 4. The smallest absolute Gasteiger partial charge is 0.233 e. The van der Waals surface area contributed by atoms with Crippen LogP contribution in [0.25, 0.3) is 0 Å². The Labute approximate surface area is 159 Å². The Morgan fingerprint density at radius 3 is 2.63 bits per heavy atom. The molecule has 144 valence electrons. The van der Waals surface area contributed by atoms with E-state index in [1.54, 1.807) is 25.3 Å². The van der Waals surface area contributed by atoms with Crippen LogP contribution in [-0.4, -0.2) is 32.6 Å². The fraction of sp³-hybridized carbons (Fsp3) is 0.524. The molecular weight excluding hydrogens is 344 g/mol. The molecule has 1 aromatic rings. The number of anilines is 1. The average Bonchev–Trinajstić information content (AvgIpc) is 3.33. The number of benzene rings is 1. The third-order valence-corrected chi connectivity index (χ3v) is 6.41. The first-order valence-electron chi connectivity index (χ1n) is 9.52. The molecule has 1 aromatic carbocycles. The maximum atomic E-state index is 12.2. The fourth-order valence-electron chi connectivity index (χ4n) is 4.92. The third kappa shape index (κ3) is 3.29. The van der Waals surface area contributed by atoms with Crippen molar-refractivity contribution in [1.29, 1.82) is 0 Å². The summed E-state index contributed by atoms with van der Waals surface area (Å²) in [6.07, 6.45) is 8.32. The molecule has 27 heavy (non-hydrogen) atoms. The van der Waals surface area contributed by atoms with E-state index in [0.717, 1.165) is 6.42 Å². The molecule has 0 unspecified atom stereocenters. The monoisotopic (exact) mass is 370 g/mol. The highest BCUT2D eigenvalue weighted by Crippen LogP contribution is 2.69. The van der Waals surface area contributed by atoms with Gasteiger partial charge in [0.25, 0.3) is 0 Å². The van der Waals surface area contributed by atoms with E-state index in [0.29, 0.717) is 46.9 Å². The quantitative estimate of drug-likeness (QED) is 0.572. The van der Waals surface area contributed by atoms with Crippen LogP contribution in [0.15, 0.2) is 30.4 Å². The molecule has 0 saturated heterocycles. The zero-order valence-corrected chi connectivity index (χ0v) is 15.8. The number of allylic oxidation sites excluding steroid dienone is 2. The van der Waals surface area contributed by atoms with E-state index in [1.807, 2.05) is 0 Å². The molecule has 2 bridgehead atoms. The summed E-state index contributed by atoms with van der Waals surface area (Å²) in [5, 5.41) is 5.68. The number of nitrogens with one attached hydrogen (secondary N) is 2. The van der Waals surface area contributed by atoms with Crippen molar-refractivity contribution in [1.82, 2.24) is 5.32 Å². The minimum atomic E-state index is -0.370. The van der Waals surface area contributed by atoms with Crippen molar-refractivity contribution >= 4 is 17.5 Å². The second-order valence-corrected chi connectivity index (χ2v) is 7.84. The Balaban J connectivity index is 1.28. The van der Waals surface area contributed by atoms with E-state index >= 15 is 0 Å². The van der Waals surface area contributed by atoms with Gasteiger partial charge in [0.15, 0.2) is 0 Å². The Bertz CT molecular complexity index is 784. The first kappa shape index (κ1) is 17.9. The lowest BCUT2D eigenvalue weighted by Crippen LogP contribution is -2.33. The van der Waals surface area contributed by atoms with Crippen molar-refractivity contribution < 1.29 is 19.1 Å². The van der Waals surface area contributed by atoms with E-state index in [1.165, 1.54) is 20.0 Å². The van der Waals surface area contributed by atoms with E-state index in [2.05, 4.69) is 22.8 Å². The molecule has 0 radical (unpaired) electrons. The summed E-state index contributed by atoms with van der Waals surface area (Å²) in [6.45, 7) is 0.655. The molecule has 6 heteroatoms. The average molecular weight is 370 g/mol. The standard InChI is InChI=1S/C21H26N2O4/c1-26-15-4-6-18(27-2)17(10-15)23-20(25)11-19(24)22-12-13-9-14-3-5-16(13)21(14)7-8-21/h3-6,10,13-14,16H,7-9,11-12H2,1-2H3,(H,22,24)(H,23,25)/t13-,14-,16-/m0/s1. The largest absolute Gasteiger partial charge is 0.497 e. The molecule has 4 rings (SSSR count). The first-order chi connectivity index (χ1) is 13.1. The van der Waals surface area contributed by atoms with Crippen molar-refractivity contribution in [3.05, 3.63) is 30.4 Å². The van der Waals surface area contributed by atoms with E-state index in [9.17, 15) is 9.59 Å². The minimum absolute atomic E-state index is 0.206. The summed E-state index contributed by atoms with van der Waals surface area (Å²) in [5.74, 6) is 2.33. The van der Waals surface area contributed by atoms with Crippen molar-refractivity contribution in [3.63, 3.8) is 0 Å². The van der Waals surface area contributed by atoms with Crippen LogP contribution in [0.5, 0.6) is 11.5 Å². The lowest BCUT2D eigenvalue weighted by molar-refractivity contribution is -0.126. The fourth-order valence-corrected chi connectivity index (χ4v) is 4.92. The molecule has 3 aliphatic rings. The second kappa shape index (κ2) is 6.91. The number of carbonyl (C=O) groups excluding carboxylic acids is 2. The zero-order valence-electron chi connectivity index (χ0n) is 15.8. The number of hydrogen-bond donors (Lipinski definition) is 2. The van der Waals surface area contributed by atoms with Crippen LogP contribution in [0.2, 0.25) is 0 Å². The Morgan fingerprint density at radius 1 is 1.15 bits per heavy atom. The highest BCUT2D eigenvalue weighted by molar-refractivity contribution is 6.04. The minimum Gasteiger partial charge on any atom is -0.497 e. The summed E-state index contributed by atoms with van der Waals surface area (Å²) in [7, 11) is 3.08. The van der Waals surface area contributed by atoms with Gasteiger partial charge in [0.1, 0.15) is 17.9 Å². The number of carbonyl (C=O) groups is 2. The van der Waals surface area contributed by atoms with Gasteiger partial charge in [-0.2, -0.15) is 0 Å². The highest BCUT2D eigenvalue weighted by Gasteiger charge is 2.62. The van der Waals surface area contributed by atoms with Crippen LogP contribution in [-0.2, 0) is 9.59 Å². The van der Waals surface area contributed by atoms with Crippen LogP contribution in [0.3, 0.4) is 0 Å². The molecule has 3 aliphatic carbocycles. The summed E-state index contributed by atoms with van der Waals surface area (Å²) >= 11 is 0. The normalized spacial score (nSPS) is 26.1. The topological polar surface area (TPSA) is 76.7 Å². The van der Waals surface area contributed by atoms with Crippen molar-refractivity contribution in [2.45, 2.75) is 25.7 Å². The summed E-state index contributed by atoms with van der Waals surface area (Å²) in [4.78, 5) is 24.5. The van der Waals surface area contributed by atoms with Gasteiger partial charge in [0, 0.05) is 12.6 Å². The van der Waals surface area contributed by atoms with Crippen LogP contribution in [0.1, 0.15) is 25.7 Å². The maximum Gasteiger partial charge on any atom is 0.233 e. The predicted octanol–water partition coefficient (Wildman–Crippen LogP) is 2.75. The van der Waals surface area contributed by atoms with Crippen molar-refractivity contribution in [3.8, 4) is 11.5 Å². The molecule has 2 fully saturated rings. The second-order valence-electron chi connectivity index (χ2n) is 7.84. The summed E-state index contributed by atoms with van der Waals surface area (Å²) in [6, 6.07) is 5.13. The SMILES string of the molecule is COc1ccc(OC)c(NC(=O)CC(=O)NC[C@@H]2C[C@@H]3C=C[C@@H]2C32CC2)c1. The third-order valence-electron chi connectivity index (χ3n) is 6.41. The van der Waals surface area contributed by atoms with Crippen molar-refractivity contribution in [2.24, 2.45) is 23.2 Å². The first-order valence-corrected chi connectivity index (χ1v) is 9.52. The highest BCUT2D eigenvalue weighted by atomic mass is 16.5. The van der Waals surface area contributed by atoms with Gasteiger partial charge in [-0.3, -0.25) is 9.59 Å². The summed E-state index contributed by atoms with van der Waals surface area (Å²) in [5.41, 5.74) is 1.01. The number of ether oxygens (including phenoxy) is 2. The zero-order chi connectivity index (χ0) is 19.0. The van der Waals surface area contributed by atoms with Gasteiger partial charge in [-0.15, -0.1) is 0 Å². The van der Waals surface area contributed by atoms with Gasteiger partial charge in [0.2, 0.25) is 11.8 Å². The molecule has 2 N–H and O–H groups in total. The van der Waals surface area contributed by atoms with E-state index in [-0.39, 0.29) is 18.2 Å². The van der Waals surface area contributed by atoms with E-state index in [4.69, 9.17) is 9.47 Å². The summed E-state index contributed by atoms with van der Waals surface area (Å²) < 4.78 is 10.4. The van der Waals surface area contributed by atoms with Crippen LogP contribution < -0.4 is 20.1 Å². The molecule has 3 atom stereocenters. The molecule has 0 aromatic heterocycles.